The number of rotatable bonds is 11. The lowest BCUT2D eigenvalue weighted by molar-refractivity contribution is 0.0700. The molecule has 1 atom stereocenters. The third-order valence-corrected chi connectivity index (χ3v) is 3.55. The molecule has 0 aromatic heterocycles. The Kier molecular flexibility index (Phi) is 9.14. The van der Waals surface area contributed by atoms with Gasteiger partial charge in [-0.1, -0.05) is 45.2 Å². The summed E-state index contributed by atoms with van der Waals surface area (Å²) in [4.78, 5) is 0. The lowest BCUT2D eigenvalue weighted by atomic mass is 9.80. The lowest BCUT2D eigenvalue weighted by Crippen LogP contribution is -2.29. The lowest BCUT2D eigenvalue weighted by Gasteiger charge is -2.15. The maximum absolute atomic E-state index is 9.09. The summed E-state index contributed by atoms with van der Waals surface area (Å²) >= 11 is 0. The van der Waals surface area contributed by atoms with Gasteiger partial charge in [0.25, 0.3) is 0 Å². The molecule has 1 aromatic rings. The van der Waals surface area contributed by atoms with Crippen molar-refractivity contribution in [1.82, 2.24) is 0 Å². The van der Waals surface area contributed by atoms with Crippen molar-refractivity contribution in [3.8, 4) is 5.75 Å². The van der Waals surface area contributed by atoms with Gasteiger partial charge in [0.05, 0.1) is 6.61 Å². The molecule has 21 heavy (non-hydrogen) atoms. The van der Waals surface area contributed by atoms with Crippen LogP contribution in [0.1, 0.15) is 39.5 Å². The Morgan fingerprint density at radius 3 is 2.67 bits per heavy atom. The Balaban J connectivity index is 2.20. The van der Waals surface area contributed by atoms with E-state index in [-0.39, 0.29) is 0 Å². The first-order valence-corrected chi connectivity index (χ1v) is 7.84. The minimum Gasteiger partial charge on any atom is -0.491 e. The molecule has 5 heteroatoms. The first-order valence-electron chi connectivity index (χ1n) is 7.84. The zero-order valence-corrected chi connectivity index (χ0v) is 13.1. The van der Waals surface area contributed by atoms with Gasteiger partial charge in [-0.25, -0.2) is 0 Å². The van der Waals surface area contributed by atoms with Gasteiger partial charge in [-0.15, -0.1) is 0 Å². The molecule has 0 radical (unpaired) electrons. The van der Waals surface area contributed by atoms with Gasteiger partial charge >= 0.3 is 7.12 Å². The monoisotopic (exact) mass is 294 g/mol. The minimum absolute atomic E-state index is 0.430. The number of unbranched alkanes of at least 4 members (excludes halogenated alkanes) is 1. The SMILES string of the molecule is CCCCC(CC)COCCOc1cccc(B(O)O)c1. The molecule has 0 saturated carbocycles. The van der Waals surface area contributed by atoms with Gasteiger partial charge in [0.2, 0.25) is 0 Å². The second-order valence-corrected chi connectivity index (χ2v) is 5.29. The average molecular weight is 294 g/mol. The maximum atomic E-state index is 9.09. The van der Waals surface area contributed by atoms with Crippen LogP contribution in [0.3, 0.4) is 0 Å². The second-order valence-electron chi connectivity index (χ2n) is 5.29. The van der Waals surface area contributed by atoms with Crippen LogP contribution in [0, 0.1) is 5.92 Å². The molecule has 0 saturated heterocycles. The van der Waals surface area contributed by atoms with E-state index in [9.17, 15) is 0 Å². The molecule has 0 heterocycles. The van der Waals surface area contributed by atoms with Crippen molar-refractivity contribution in [3.05, 3.63) is 24.3 Å². The number of ether oxygens (including phenoxy) is 2. The smallest absolute Gasteiger partial charge is 0.488 e. The van der Waals surface area contributed by atoms with Crippen LogP contribution >= 0.6 is 0 Å². The minimum atomic E-state index is -1.46. The molecular weight excluding hydrogens is 267 g/mol. The summed E-state index contributed by atoms with van der Waals surface area (Å²) in [5.74, 6) is 1.26. The van der Waals surface area contributed by atoms with Crippen molar-refractivity contribution in [2.45, 2.75) is 39.5 Å². The molecule has 0 spiro atoms. The van der Waals surface area contributed by atoms with Crippen LogP contribution < -0.4 is 10.2 Å². The maximum Gasteiger partial charge on any atom is 0.488 e. The second kappa shape index (κ2) is 10.7. The van der Waals surface area contributed by atoms with E-state index in [0.29, 0.717) is 30.3 Å². The molecule has 118 valence electrons. The molecule has 0 aliphatic carbocycles. The largest absolute Gasteiger partial charge is 0.491 e. The number of hydrogen-bond donors (Lipinski definition) is 2. The molecule has 0 bridgehead atoms. The van der Waals surface area contributed by atoms with E-state index < -0.39 is 7.12 Å². The van der Waals surface area contributed by atoms with Gasteiger partial charge < -0.3 is 19.5 Å². The van der Waals surface area contributed by atoms with Crippen molar-refractivity contribution in [2.24, 2.45) is 5.92 Å². The highest BCUT2D eigenvalue weighted by Crippen LogP contribution is 2.13. The van der Waals surface area contributed by atoms with Gasteiger partial charge in [-0.05, 0) is 29.9 Å². The van der Waals surface area contributed by atoms with Crippen molar-refractivity contribution < 1.29 is 19.5 Å². The van der Waals surface area contributed by atoms with Crippen molar-refractivity contribution in [2.75, 3.05) is 19.8 Å². The summed E-state index contributed by atoms with van der Waals surface area (Å²) in [6.07, 6.45) is 4.86. The van der Waals surface area contributed by atoms with Crippen LogP contribution in [0.25, 0.3) is 0 Å². The Morgan fingerprint density at radius 2 is 2.00 bits per heavy atom. The van der Waals surface area contributed by atoms with Crippen LogP contribution in [0.4, 0.5) is 0 Å². The van der Waals surface area contributed by atoms with E-state index in [1.807, 2.05) is 0 Å². The van der Waals surface area contributed by atoms with E-state index in [4.69, 9.17) is 19.5 Å². The van der Waals surface area contributed by atoms with Gasteiger partial charge in [-0.3, -0.25) is 0 Å². The number of hydrogen-bond acceptors (Lipinski definition) is 4. The van der Waals surface area contributed by atoms with Crippen molar-refractivity contribution in [3.63, 3.8) is 0 Å². The fourth-order valence-corrected chi connectivity index (χ4v) is 2.13. The highest BCUT2D eigenvalue weighted by atomic mass is 16.5. The predicted octanol–water partition coefficient (Wildman–Crippen LogP) is 1.98. The first-order chi connectivity index (χ1) is 10.2. The predicted molar refractivity (Wildman–Crippen MR) is 85.9 cm³/mol. The summed E-state index contributed by atoms with van der Waals surface area (Å²) in [7, 11) is -1.46. The Hall–Kier alpha value is -1.04. The van der Waals surface area contributed by atoms with Crippen LogP contribution in [0.5, 0.6) is 5.75 Å². The summed E-state index contributed by atoms with van der Waals surface area (Å²) < 4.78 is 11.2. The molecule has 0 aliphatic heterocycles. The third-order valence-electron chi connectivity index (χ3n) is 3.55. The van der Waals surface area contributed by atoms with E-state index >= 15 is 0 Å². The van der Waals surface area contributed by atoms with Crippen LogP contribution in [0.15, 0.2) is 24.3 Å². The van der Waals surface area contributed by atoms with Gasteiger partial charge in [0.1, 0.15) is 12.4 Å². The topological polar surface area (TPSA) is 58.9 Å². The first kappa shape index (κ1) is 18.0. The fraction of sp³-hybridized carbons (Fsp3) is 0.625. The summed E-state index contributed by atoms with van der Waals surface area (Å²) in [6, 6.07) is 6.80. The molecule has 4 nitrogen and oxygen atoms in total. The molecule has 1 unspecified atom stereocenters. The quantitative estimate of drug-likeness (QED) is 0.484. The van der Waals surface area contributed by atoms with Gasteiger partial charge in [-0.2, -0.15) is 0 Å². The van der Waals surface area contributed by atoms with E-state index in [1.165, 1.54) is 19.3 Å². The highest BCUT2D eigenvalue weighted by molar-refractivity contribution is 6.58. The average Bonchev–Trinajstić information content (AvgIpc) is 2.50. The highest BCUT2D eigenvalue weighted by Gasteiger charge is 2.11. The van der Waals surface area contributed by atoms with Crippen LogP contribution in [-0.2, 0) is 4.74 Å². The summed E-state index contributed by atoms with van der Waals surface area (Å²) in [5, 5.41) is 18.2. The Morgan fingerprint density at radius 1 is 1.19 bits per heavy atom. The third kappa shape index (κ3) is 7.51. The molecule has 0 aliphatic rings. The molecular formula is C16H27BO4. The molecule has 1 rings (SSSR count). The van der Waals surface area contributed by atoms with E-state index in [2.05, 4.69) is 13.8 Å². The van der Waals surface area contributed by atoms with E-state index in [1.54, 1.807) is 24.3 Å². The van der Waals surface area contributed by atoms with Gasteiger partial charge in [0, 0.05) is 6.61 Å². The molecule has 1 aromatic carbocycles. The normalized spacial score (nSPS) is 12.2. The van der Waals surface area contributed by atoms with E-state index in [0.717, 1.165) is 13.0 Å². The molecule has 2 N–H and O–H groups in total. The Labute approximate surface area is 128 Å². The zero-order chi connectivity index (χ0) is 15.5. The van der Waals surface area contributed by atoms with Crippen LogP contribution in [-0.4, -0.2) is 37.0 Å². The Bertz CT molecular complexity index is 384. The summed E-state index contributed by atoms with van der Waals surface area (Å²) in [6.45, 7) is 6.21. The fourth-order valence-electron chi connectivity index (χ4n) is 2.13. The van der Waals surface area contributed by atoms with Gasteiger partial charge in [0.15, 0.2) is 0 Å². The zero-order valence-electron chi connectivity index (χ0n) is 13.1. The summed E-state index contributed by atoms with van der Waals surface area (Å²) in [5.41, 5.74) is 0.430. The molecule has 0 amide bonds. The number of benzene rings is 1. The van der Waals surface area contributed by atoms with Crippen molar-refractivity contribution >= 4 is 12.6 Å². The molecule has 0 fully saturated rings. The standard InChI is InChI=1S/C16H27BO4/c1-3-5-7-14(4-2)13-20-10-11-21-16-9-6-8-15(12-16)17(18)19/h6,8-9,12,14,18-19H,3-5,7,10-11,13H2,1-2H3. The van der Waals surface area contributed by atoms with Crippen LogP contribution in [0.2, 0.25) is 0 Å². The van der Waals surface area contributed by atoms with Crippen molar-refractivity contribution in [1.29, 1.82) is 0 Å².